The summed E-state index contributed by atoms with van der Waals surface area (Å²) in [6.45, 7) is 6.43. The molecule has 4 heterocycles. The number of nitrogens with one attached hydrogen (secondary N) is 1. The second kappa shape index (κ2) is 9.42. The lowest BCUT2D eigenvalue weighted by Gasteiger charge is -2.26. The van der Waals surface area contributed by atoms with Gasteiger partial charge in [-0.05, 0) is 62.3 Å². The van der Waals surface area contributed by atoms with Crippen LogP contribution in [-0.4, -0.2) is 47.2 Å². The minimum atomic E-state index is -0.0998. The van der Waals surface area contributed by atoms with E-state index in [0.717, 1.165) is 67.1 Å². The van der Waals surface area contributed by atoms with Crippen molar-refractivity contribution in [2.24, 2.45) is 5.92 Å². The Labute approximate surface area is 192 Å². The Morgan fingerprint density at radius 1 is 1.22 bits per heavy atom. The van der Waals surface area contributed by atoms with Crippen LogP contribution in [0.15, 0.2) is 24.3 Å². The molecule has 5 rings (SSSR count). The van der Waals surface area contributed by atoms with E-state index in [2.05, 4.69) is 34.3 Å². The summed E-state index contributed by atoms with van der Waals surface area (Å²) in [5.41, 5.74) is 10.1. The van der Waals surface area contributed by atoms with Gasteiger partial charge in [0.2, 0.25) is 0 Å². The third kappa shape index (κ3) is 4.42. The van der Waals surface area contributed by atoms with Crippen molar-refractivity contribution >= 4 is 39.0 Å². The first kappa shape index (κ1) is 22.5. The molecular weight excluding hydrogens is 422 g/mol. The molecule has 0 radical (unpaired) electrons. The molecule has 1 fully saturated rings. The first-order chi connectivity index (χ1) is 15.5. The summed E-state index contributed by atoms with van der Waals surface area (Å²) >= 11 is 1.37. The number of aliphatic hydroxyl groups is 1. The van der Waals surface area contributed by atoms with E-state index in [-0.39, 0.29) is 11.9 Å². The molecule has 2 aliphatic rings. The summed E-state index contributed by atoms with van der Waals surface area (Å²) in [6.07, 6.45) is 3.84. The Balaban J connectivity index is 0.00000119. The summed E-state index contributed by atoms with van der Waals surface area (Å²) in [5, 5.41) is 11.1. The molecule has 1 amide bonds. The van der Waals surface area contributed by atoms with Crippen LogP contribution in [0, 0.1) is 12.8 Å². The molecule has 1 saturated heterocycles. The van der Waals surface area contributed by atoms with Crippen LogP contribution >= 0.6 is 11.3 Å². The van der Waals surface area contributed by atoms with Gasteiger partial charge >= 0.3 is 0 Å². The van der Waals surface area contributed by atoms with Crippen LogP contribution in [0.3, 0.4) is 0 Å². The topological polar surface area (TPSA) is 104 Å². The summed E-state index contributed by atoms with van der Waals surface area (Å²) < 4.78 is 0. The van der Waals surface area contributed by atoms with Crippen LogP contribution in [0.2, 0.25) is 0 Å². The highest BCUT2D eigenvalue weighted by atomic mass is 32.1. The van der Waals surface area contributed by atoms with Crippen molar-refractivity contribution < 1.29 is 9.90 Å². The molecule has 3 aromatic rings. The predicted molar refractivity (Wildman–Crippen MR) is 130 cm³/mol. The van der Waals surface area contributed by atoms with Gasteiger partial charge in [-0.25, -0.2) is 9.97 Å². The second-order valence-electron chi connectivity index (χ2n) is 8.68. The van der Waals surface area contributed by atoms with Gasteiger partial charge in [0.1, 0.15) is 15.5 Å². The number of aliphatic hydroxyl groups excluding tert-OH is 1. The second-order valence-corrected chi connectivity index (χ2v) is 9.68. The van der Waals surface area contributed by atoms with Gasteiger partial charge in [-0.15, -0.1) is 11.3 Å². The van der Waals surface area contributed by atoms with Gasteiger partial charge in [0.05, 0.1) is 5.69 Å². The molecule has 0 saturated carbocycles. The Kier molecular flexibility index (Phi) is 6.62. The normalized spacial score (nSPS) is 19.9. The number of aromatic nitrogens is 2. The molecule has 0 spiro atoms. The minimum absolute atomic E-state index is 0.0998. The number of carbonyl (C=O) groups excluding carboxylic acids is 1. The van der Waals surface area contributed by atoms with E-state index in [4.69, 9.17) is 15.8 Å². The zero-order valence-electron chi connectivity index (χ0n) is 18.9. The van der Waals surface area contributed by atoms with Crippen LogP contribution in [0.5, 0.6) is 0 Å². The van der Waals surface area contributed by atoms with Crippen LogP contribution in [0.25, 0.3) is 10.2 Å². The average molecular weight is 454 g/mol. The standard InChI is InChI=1S/C23H27N5OS.CH4O/c1-13-9-10-28(12-13)19-8-4-15-11-16(5-7-18(15)27-19)26-22(29)21-20(24)17-6-3-14(2)25-23(17)30-21;1-2/h3-4,6,8,13,16H,5,7,9-12,24H2,1-2H3,(H,26,29);2H,1H3. The smallest absolute Gasteiger partial charge is 0.263 e. The van der Waals surface area contributed by atoms with Crippen LogP contribution in [0.1, 0.15) is 46.4 Å². The molecule has 32 heavy (non-hydrogen) atoms. The van der Waals surface area contributed by atoms with E-state index in [1.54, 1.807) is 0 Å². The van der Waals surface area contributed by atoms with Crippen molar-refractivity contribution in [3.8, 4) is 0 Å². The third-order valence-electron chi connectivity index (χ3n) is 6.27. The first-order valence-corrected chi connectivity index (χ1v) is 11.9. The number of carbonyl (C=O) groups is 1. The first-order valence-electron chi connectivity index (χ1n) is 11.1. The number of pyridine rings is 2. The van der Waals surface area contributed by atoms with Gasteiger partial charge in [0, 0.05) is 43.0 Å². The number of thiophene rings is 1. The highest BCUT2D eigenvalue weighted by molar-refractivity contribution is 7.21. The molecule has 3 aromatic heterocycles. The fraction of sp³-hybridized carbons (Fsp3) is 0.458. The van der Waals surface area contributed by atoms with Crippen molar-refractivity contribution in [3.05, 3.63) is 46.1 Å². The number of amides is 1. The maximum Gasteiger partial charge on any atom is 0.263 e. The zero-order valence-corrected chi connectivity index (χ0v) is 19.7. The summed E-state index contributed by atoms with van der Waals surface area (Å²) in [4.78, 5) is 26.1. The van der Waals surface area contributed by atoms with Gasteiger partial charge < -0.3 is 21.1 Å². The van der Waals surface area contributed by atoms with Crippen molar-refractivity contribution in [1.29, 1.82) is 0 Å². The monoisotopic (exact) mass is 453 g/mol. The van der Waals surface area contributed by atoms with Crippen LogP contribution < -0.4 is 16.0 Å². The lowest BCUT2D eigenvalue weighted by atomic mass is 9.91. The quantitative estimate of drug-likeness (QED) is 0.562. The fourth-order valence-corrected chi connectivity index (χ4v) is 5.59. The number of rotatable bonds is 3. The Hall–Kier alpha value is -2.71. The minimum Gasteiger partial charge on any atom is -0.400 e. The maximum absolute atomic E-state index is 12.9. The van der Waals surface area contributed by atoms with Gasteiger partial charge in [-0.2, -0.15) is 0 Å². The molecule has 0 aromatic carbocycles. The highest BCUT2D eigenvalue weighted by Crippen LogP contribution is 2.33. The molecule has 170 valence electrons. The SMILES string of the molecule is CO.Cc1ccc2c(N)c(C(=O)NC3CCc4nc(N5CCC(C)C5)ccc4C3)sc2n1. The Morgan fingerprint density at radius 3 is 2.78 bits per heavy atom. The van der Waals surface area contributed by atoms with E-state index >= 15 is 0 Å². The number of nitrogens with zero attached hydrogens (tertiary/aromatic N) is 3. The number of anilines is 2. The molecule has 4 N–H and O–H groups in total. The van der Waals surface area contributed by atoms with Gasteiger partial charge in [0.15, 0.2) is 0 Å². The number of fused-ring (bicyclic) bond motifs is 2. The molecule has 7 nitrogen and oxygen atoms in total. The molecular formula is C24H31N5O2S. The third-order valence-corrected chi connectivity index (χ3v) is 7.39. The Morgan fingerprint density at radius 2 is 2.03 bits per heavy atom. The summed E-state index contributed by atoms with van der Waals surface area (Å²) in [7, 11) is 1.00. The van der Waals surface area contributed by atoms with E-state index in [1.165, 1.54) is 29.0 Å². The summed E-state index contributed by atoms with van der Waals surface area (Å²) in [6, 6.07) is 8.30. The number of hydrogen-bond donors (Lipinski definition) is 3. The summed E-state index contributed by atoms with van der Waals surface area (Å²) in [5.74, 6) is 1.74. The predicted octanol–water partition coefficient (Wildman–Crippen LogP) is 3.32. The molecule has 8 heteroatoms. The molecule has 2 unspecified atom stereocenters. The number of hydrogen-bond acceptors (Lipinski definition) is 7. The highest BCUT2D eigenvalue weighted by Gasteiger charge is 2.26. The van der Waals surface area contributed by atoms with Crippen molar-refractivity contribution in [1.82, 2.24) is 15.3 Å². The lowest BCUT2D eigenvalue weighted by Crippen LogP contribution is -2.39. The zero-order chi connectivity index (χ0) is 22.8. The van der Waals surface area contributed by atoms with Crippen LogP contribution in [0.4, 0.5) is 11.5 Å². The molecule has 1 aliphatic carbocycles. The lowest BCUT2D eigenvalue weighted by molar-refractivity contribution is 0.0938. The van der Waals surface area contributed by atoms with Gasteiger partial charge in [-0.1, -0.05) is 13.0 Å². The van der Waals surface area contributed by atoms with Gasteiger partial charge in [0.25, 0.3) is 5.91 Å². The van der Waals surface area contributed by atoms with Crippen molar-refractivity contribution in [2.75, 3.05) is 30.8 Å². The molecule has 1 aliphatic heterocycles. The van der Waals surface area contributed by atoms with Crippen molar-refractivity contribution in [2.45, 2.75) is 45.6 Å². The van der Waals surface area contributed by atoms with E-state index in [0.29, 0.717) is 10.6 Å². The number of nitrogen functional groups attached to an aromatic ring is 1. The molecule has 2 atom stereocenters. The average Bonchev–Trinajstić information content (AvgIpc) is 3.38. The van der Waals surface area contributed by atoms with E-state index in [9.17, 15) is 4.79 Å². The van der Waals surface area contributed by atoms with E-state index < -0.39 is 0 Å². The molecule has 0 bridgehead atoms. The van der Waals surface area contributed by atoms with Crippen LogP contribution in [-0.2, 0) is 12.8 Å². The van der Waals surface area contributed by atoms with Crippen molar-refractivity contribution in [3.63, 3.8) is 0 Å². The number of nitrogens with two attached hydrogens (primary N) is 1. The van der Waals surface area contributed by atoms with Gasteiger partial charge in [-0.3, -0.25) is 4.79 Å². The fourth-order valence-electron chi connectivity index (χ4n) is 4.55. The number of aryl methyl sites for hydroxylation is 2. The Bertz CT molecular complexity index is 1130. The largest absolute Gasteiger partial charge is 0.400 e. The maximum atomic E-state index is 12.9. The van der Waals surface area contributed by atoms with E-state index in [1.807, 2.05) is 19.1 Å².